The summed E-state index contributed by atoms with van der Waals surface area (Å²) in [7, 11) is 0. The van der Waals surface area contributed by atoms with Gasteiger partial charge in [0.2, 0.25) is 5.76 Å². The number of quaternary nitrogens is 1. The summed E-state index contributed by atoms with van der Waals surface area (Å²) in [4.78, 5) is 30.3. The molecule has 2 aromatic carbocycles. The molecule has 0 saturated carbocycles. The molecule has 5 rings (SSSR count). The number of aryl methyl sites for hydroxylation is 1. The average molecular weight is 454 g/mol. The Hall–Kier alpha value is -2.67. The predicted octanol–water partition coefficient (Wildman–Crippen LogP) is 2.61. The van der Waals surface area contributed by atoms with Gasteiger partial charge < -0.3 is 19.0 Å². The first-order chi connectivity index (χ1) is 15.5. The minimum atomic E-state index is -0.503. The van der Waals surface area contributed by atoms with Crippen molar-refractivity contribution < 1.29 is 18.8 Å². The molecule has 0 radical (unpaired) electrons. The largest absolute Gasteiger partial charge is 0.450 e. The molecule has 2 aliphatic heterocycles. The third kappa shape index (κ3) is 3.83. The van der Waals surface area contributed by atoms with E-state index >= 15 is 0 Å². The van der Waals surface area contributed by atoms with Gasteiger partial charge in [-0.05, 0) is 36.8 Å². The van der Waals surface area contributed by atoms with Crippen LogP contribution in [0.3, 0.4) is 0 Å². The molecule has 1 amide bonds. The highest BCUT2D eigenvalue weighted by Crippen LogP contribution is 2.38. The number of morpholine rings is 1. The molecule has 1 saturated heterocycles. The number of carbonyl (C=O) groups is 1. The molecule has 2 aliphatic rings. The third-order valence-electron chi connectivity index (χ3n) is 6.41. The second-order valence-electron chi connectivity index (χ2n) is 8.60. The Balaban J connectivity index is 1.54. The van der Waals surface area contributed by atoms with E-state index in [1.807, 2.05) is 37.3 Å². The summed E-state index contributed by atoms with van der Waals surface area (Å²) >= 11 is 6.28. The van der Waals surface area contributed by atoms with Crippen LogP contribution in [0.5, 0.6) is 0 Å². The number of nitrogens with zero attached hydrogens (tertiary/aromatic N) is 1. The number of fused-ring (bicyclic) bond motifs is 2. The van der Waals surface area contributed by atoms with Crippen LogP contribution in [0, 0.1) is 6.92 Å². The van der Waals surface area contributed by atoms with Crippen LogP contribution >= 0.6 is 11.6 Å². The Labute approximate surface area is 191 Å². The monoisotopic (exact) mass is 453 g/mol. The molecule has 3 aromatic rings. The van der Waals surface area contributed by atoms with Crippen molar-refractivity contribution in [2.45, 2.75) is 19.4 Å². The van der Waals surface area contributed by atoms with Crippen LogP contribution in [0.25, 0.3) is 11.0 Å². The lowest BCUT2D eigenvalue weighted by Gasteiger charge is -2.27. The van der Waals surface area contributed by atoms with E-state index in [2.05, 4.69) is 0 Å². The molecule has 3 heterocycles. The van der Waals surface area contributed by atoms with Crippen molar-refractivity contribution in [3.8, 4) is 0 Å². The van der Waals surface area contributed by atoms with Crippen molar-refractivity contribution in [2.24, 2.45) is 0 Å². The molecule has 0 bridgehead atoms. The molecule has 1 fully saturated rings. The Morgan fingerprint density at radius 3 is 2.72 bits per heavy atom. The molecule has 7 heteroatoms. The van der Waals surface area contributed by atoms with E-state index in [0.717, 1.165) is 50.4 Å². The van der Waals surface area contributed by atoms with Gasteiger partial charge in [-0.2, -0.15) is 0 Å². The van der Waals surface area contributed by atoms with Crippen LogP contribution in [0.2, 0.25) is 5.02 Å². The zero-order valence-electron chi connectivity index (χ0n) is 18.0. The van der Waals surface area contributed by atoms with E-state index in [4.69, 9.17) is 20.8 Å². The van der Waals surface area contributed by atoms with Crippen molar-refractivity contribution in [3.05, 3.63) is 80.2 Å². The Morgan fingerprint density at radius 2 is 1.94 bits per heavy atom. The lowest BCUT2D eigenvalue weighted by Crippen LogP contribution is -3.14. The molecular weight excluding hydrogens is 428 g/mol. The number of hydrogen-bond acceptors (Lipinski definition) is 4. The van der Waals surface area contributed by atoms with Gasteiger partial charge >= 0.3 is 0 Å². The number of amides is 1. The fourth-order valence-electron chi connectivity index (χ4n) is 4.80. The van der Waals surface area contributed by atoms with Crippen LogP contribution in [0.1, 0.15) is 39.7 Å². The first-order valence-corrected chi connectivity index (χ1v) is 11.5. The highest BCUT2D eigenvalue weighted by molar-refractivity contribution is 6.30. The number of carbonyl (C=O) groups excluding carboxylic acids is 1. The van der Waals surface area contributed by atoms with Crippen LogP contribution in [0.15, 0.2) is 51.7 Å². The maximum absolute atomic E-state index is 13.6. The summed E-state index contributed by atoms with van der Waals surface area (Å²) in [5, 5.41) is 1.07. The number of rotatable bonds is 5. The molecule has 1 atom stereocenters. The van der Waals surface area contributed by atoms with Gasteiger partial charge in [0.1, 0.15) is 18.7 Å². The topological polar surface area (TPSA) is 64.2 Å². The summed E-state index contributed by atoms with van der Waals surface area (Å²) in [6.07, 6.45) is 0.832. The molecule has 0 aliphatic carbocycles. The van der Waals surface area contributed by atoms with Crippen molar-refractivity contribution >= 4 is 28.5 Å². The summed E-state index contributed by atoms with van der Waals surface area (Å²) in [5.74, 6) is -0.0865. The molecule has 1 aromatic heterocycles. The van der Waals surface area contributed by atoms with E-state index in [1.54, 1.807) is 17.0 Å². The first kappa shape index (κ1) is 21.2. The molecule has 0 unspecified atom stereocenters. The highest BCUT2D eigenvalue weighted by Gasteiger charge is 2.42. The van der Waals surface area contributed by atoms with Gasteiger partial charge in [0.25, 0.3) is 5.91 Å². The summed E-state index contributed by atoms with van der Waals surface area (Å²) in [5.41, 5.74) is 2.50. The van der Waals surface area contributed by atoms with E-state index in [9.17, 15) is 9.59 Å². The number of hydrogen-bond donors (Lipinski definition) is 1. The zero-order valence-corrected chi connectivity index (χ0v) is 18.8. The number of halogens is 1. The van der Waals surface area contributed by atoms with Gasteiger partial charge in [-0.1, -0.05) is 35.4 Å². The third-order valence-corrected chi connectivity index (χ3v) is 6.65. The minimum Gasteiger partial charge on any atom is -0.450 e. The predicted molar refractivity (Wildman–Crippen MR) is 123 cm³/mol. The maximum Gasteiger partial charge on any atom is 0.290 e. The molecule has 32 heavy (non-hydrogen) atoms. The van der Waals surface area contributed by atoms with Crippen molar-refractivity contribution in [2.75, 3.05) is 39.4 Å². The van der Waals surface area contributed by atoms with Crippen molar-refractivity contribution in [1.29, 1.82) is 0 Å². The van der Waals surface area contributed by atoms with Crippen molar-refractivity contribution in [1.82, 2.24) is 4.90 Å². The van der Waals surface area contributed by atoms with Crippen molar-refractivity contribution in [3.63, 3.8) is 0 Å². The van der Waals surface area contributed by atoms with E-state index in [-0.39, 0.29) is 17.1 Å². The SMILES string of the molecule is Cc1ccc2oc3c(c(=O)c2c1)[C@H](c1cccc(Cl)c1)N(CCC[NH+]1CCOCC1)C3=O. The summed E-state index contributed by atoms with van der Waals surface area (Å²) in [6, 6.07) is 12.4. The number of benzene rings is 2. The smallest absolute Gasteiger partial charge is 0.290 e. The molecule has 1 N–H and O–H groups in total. The van der Waals surface area contributed by atoms with Gasteiger partial charge in [-0.15, -0.1) is 0 Å². The van der Waals surface area contributed by atoms with E-state index in [1.165, 1.54) is 4.90 Å². The summed E-state index contributed by atoms with van der Waals surface area (Å²) in [6.45, 7) is 6.95. The quantitative estimate of drug-likeness (QED) is 0.645. The van der Waals surface area contributed by atoms with Gasteiger partial charge in [0.05, 0.1) is 36.8 Å². The molecule has 6 nitrogen and oxygen atoms in total. The lowest BCUT2D eigenvalue weighted by atomic mass is 9.98. The zero-order chi connectivity index (χ0) is 22.2. The minimum absolute atomic E-state index is 0.148. The van der Waals surface area contributed by atoms with Gasteiger partial charge in [-0.3, -0.25) is 9.59 Å². The van der Waals surface area contributed by atoms with Gasteiger partial charge in [0.15, 0.2) is 5.43 Å². The second kappa shape index (κ2) is 8.70. The number of nitrogens with one attached hydrogen (secondary N) is 1. The van der Waals surface area contributed by atoms with E-state index < -0.39 is 6.04 Å². The van der Waals surface area contributed by atoms with E-state index in [0.29, 0.717) is 28.1 Å². The Kier molecular flexibility index (Phi) is 5.76. The highest BCUT2D eigenvalue weighted by atomic mass is 35.5. The average Bonchev–Trinajstić information content (AvgIpc) is 3.07. The standard InChI is InChI=1S/C25H25ClN2O4/c1-16-6-7-20-19(14-16)23(29)21-22(17-4-2-5-18(26)15-17)28(25(30)24(21)32-20)9-3-8-27-10-12-31-13-11-27/h2,4-7,14-15,22H,3,8-13H2,1H3/p+1/t22-/m0/s1. The van der Waals surface area contributed by atoms with Gasteiger partial charge in [0, 0.05) is 18.0 Å². The fraction of sp³-hybridized carbons (Fsp3) is 0.360. The van der Waals surface area contributed by atoms with Crippen LogP contribution in [-0.2, 0) is 4.74 Å². The van der Waals surface area contributed by atoms with Crippen LogP contribution < -0.4 is 10.3 Å². The fourth-order valence-corrected chi connectivity index (χ4v) is 5.00. The first-order valence-electron chi connectivity index (χ1n) is 11.1. The summed E-state index contributed by atoms with van der Waals surface area (Å²) < 4.78 is 11.5. The van der Waals surface area contributed by atoms with Gasteiger partial charge in [-0.25, -0.2) is 0 Å². The van der Waals surface area contributed by atoms with Crippen LogP contribution in [0.4, 0.5) is 0 Å². The Bertz CT molecular complexity index is 1230. The second-order valence-corrected chi connectivity index (χ2v) is 9.03. The molecule has 0 spiro atoms. The normalized spacial score (nSPS) is 19.0. The lowest BCUT2D eigenvalue weighted by molar-refractivity contribution is -0.908. The molecule has 166 valence electrons. The molecular formula is C25H26ClN2O4+. The number of ether oxygens (including phenoxy) is 1. The maximum atomic E-state index is 13.6. The Morgan fingerprint density at radius 1 is 1.12 bits per heavy atom. The van der Waals surface area contributed by atoms with Crippen LogP contribution in [-0.4, -0.2) is 50.2 Å².